The number of H-pyrrole nitrogens is 1. The number of phenols is 1. The van der Waals surface area contributed by atoms with Crippen LogP contribution in [0.5, 0.6) is 17.2 Å². The molecule has 1 aliphatic rings. The molecule has 0 unspecified atom stereocenters. The first-order valence-corrected chi connectivity index (χ1v) is 10.2. The third-order valence-electron chi connectivity index (χ3n) is 5.60. The fourth-order valence-corrected chi connectivity index (χ4v) is 3.74. The zero-order valence-electron chi connectivity index (χ0n) is 17.4. The van der Waals surface area contributed by atoms with Crippen LogP contribution in [0.15, 0.2) is 42.6 Å². The van der Waals surface area contributed by atoms with E-state index in [2.05, 4.69) is 10.2 Å². The van der Waals surface area contributed by atoms with E-state index in [1.165, 1.54) is 4.90 Å². The van der Waals surface area contributed by atoms with Gasteiger partial charge in [0.1, 0.15) is 43.5 Å². The highest BCUT2D eigenvalue weighted by Gasteiger charge is 2.18. The van der Waals surface area contributed by atoms with Gasteiger partial charge < -0.3 is 24.2 Å². The molecule has 1 aromatic heterocycles. The molecule has 7 nitrogen and oxygen atoms in total. The van der Waals surface area contributed by atoms with Crippen molar-refractivity contribution < 1.29 is 24.2 Å². The number of aromatic nitrogens is 2. The SMILES string of the molecule is COc1ccc(-c2cn[nH]c2-c2ccc(OCC[NH+]3CCOCC3)c(C)c2O)cc1. The maximum atomic E-state index is 10.9. The van der Waals surface area contributed by atoms with Crippen molar-refractivity contribution in [2.45, 2.75) is 6.92 Å². The lowest BCUT2D eigenvalue weighted by molar-refractivity contribution is -0.908. The minimum atomic E-state index is 0.199. The highest BCUT2D eigenvalue weighted by Crippen LogP contribution is 2.40. The van der Waals surface area contributed by atoms with Gasteiger partial charge >= 0.3 is 0 Å². The second-order valence-electron chi connectivity index (χ2n) is 7.43. The standard InChI is InChI=1S/C23H27N3O4/c1-16-21(30-14-11-26-9-12-29-13-10-26)8-7-19(23(16)27)22-20(15-24-25-22)17-3-5-18(28-2)6-4-17/h3-8,15,27H,9-14H2,1-2H3,(H,24,25)/p+1. The summed E-state index contributed by atoms with van der Waals surface area (Å²) in [5.41, 5.74) is 4.09. The molecule has 0 radical (unpaired) electrons. The molecule has 7 heteroatoms. The Morgan fingerprint density at radius 3 is 2.60 bits per heavy atom. The van der Waals surface area contributed by atoms with Gasteiger partial charge in [0.15, 0.2) is 0 Å². The van der Waals surface area contributed by atoms with Crippen molar-refractivity contribution in [1.82, 2.24) is 10.2 Å². The fraction of sp³-hybridized carbons (Fsp3) is 0.348. The van der Waals surface area contributed by atoms with Gasteiger partial charge in [0.2, 0.25) is 0 Å². The molecule has 1 saturated heterocycles. The van der Waals surface area contributed by atoms with Crippen LogP contribution in [0.4, 0.5) is 0 Å². The Morgan fingerprint density at radius 1 is 1.10 bits per heavy atom. The van der Waals surface area contributed by atoms with Gasteiger partial charge in [0.25, 0.3) is 0 Å². The van der Waals surface area contributed by atoms with Gasteiger partial charge in [-0.1, -0.05) is 12.1 Å². The lowest BCUT2D eigenvalue weighted by Gasteiger charge is -2.23. The Hall–Kier alpha value is -3.03. The molecular weight excluding hydrogens is 382 g/mol. The minimum Gasteiger partial charge on any atom is -0.507 e. The first-order valence-electron chi connectivity index (χ1n) is 10.2. The first kappa shape index (κ1) is 20.3. The van der Waals surface area contributed by atoms with E-state index < -0.39 is 0 Å². The Morgan fingerprint density at radius 2 is 1.87 bits per heavy atom. The first-order chi connectivity index (χ1) is 14.7. The molecule has 158 valence electrons. The summed E-state index contributed by atoms with van der Waals surface area (Å²) in [6.07, 6.45) is 1.77. The van der Waals surface area contributed by atoms with Gasteiger partial charge in [-0.25, -0.2) is 0 Å². The Bertz CT molecular complexity index is 979. The van der Waals surface area contributed by atoms with Crippen molar-refractivity contribution in [3.63, 3.8) is 0 Å². The monoisotopic (exact) mass is 410 g/mol. The lowest BCUT2D eigenvalue weighted by Crippen LogP contribution is -3.14. The van der Waals surface area contributed by atoms with E-state index >= 15 is 0 Å². The average Bonchev–Trinajstić information content (AvgIpc) is 3.27. The summed E-state index contributed by atoms with van der Waals surface area (Å²) in [7, 11) is 1.64. The van der Waals surface area contributed by atoms with E-state index in [0.29, 0.717) is 17.9 Å². The average molecular weight is 410 g/mol. The van der Waals surface area contributed by atoms with Crippen LogP contribution in [0.2, 0.25) is 0 Å². The molecule has 3 N–H and O–H groups in total. The highest BCUT2D eigenvalue weighted by atomic mass is 16.5. The molecule has 0 saturated carbocycles. The number of hydrogen-bond acceptors (Lipinski definition) is 5. The molecule has 1 aliphatic heterocycles. The highest BCUT2D eigenvalue weighted by molar-refractivity contribution is 5.84. The van der Waals surface area contributed by atoms with Gasteiger partial charge in [-0.15, -0.1) is 0 Å². The second kappa shape index (κ2) is 9.19. The number of rotatable bonds is 7. The van der Waals surface area contributed by atoms with Crippen LogP contribution < -0.4 is 14.4 Å². The van der Waals surface area contributed by atoms with Crippen molar-refractivity contribution in [2.75, 3.05) is 46.6 Å². The summed E-state index contributed by atoms with van der Waals surface area (Å²) in [6, 6.07) is 11.6. The Kier molecular flexibility index (Phi) is 6.21. The number of quaternary nitrogens is 1. The van der Waals surface area contributed by atoms with Crippen molar-refractivity contribution in [3.8, 4) is 39.6 Å². The maximum absolute atomic E-state index is 10.9. The number of ether oxygens (including phenoxy) is 3. The maximum Gasteiger partial charge on any atom is 0.137 e. The molecule has 1 fully saturated rings. The predicted octanol–water partition coefficient (Wildman–Crippen LogP) is 2.06. The van der Waals surface area contributed by atoms with E-state index in [4.69, 9.17) is 14.2 Å². The molecule has 0 amide bonds. The number of aromatic amines is 1. The topological polar surface area (TPSA) is 81.0 Å². The molecule has 0 spiro atoms. The van der Waals surface area contributed by atoms with Gasteiger partial charge in [-0.2, -0.15) is 5.10 Å². The summed E-state index contributed by atoms with van der Waals surface area (Å²) in [5, 5.41) is 18.1. The summed E-state index contributed by atoms with van der Waals surface area (Å²) in [4.78, 5) is 1.49. The number of hydrogen-bond donors (Lipinski definition) is 3. The number of aromatic hydroxyl groups is 1. The predicted molar refractivity (Wildman–Crippen MR) is 114 cm³/mol. The van der Waals surface area contributed by atoms with Crippen LogP contribution >= 0.6 is 0 Å². The third kappa shape index (κ3) is 4.27. The molecule has 30 heavy (non-hydrogen) atoms. The summed E-state index contributed by atoms with van der Waals surface area (Å²) >= 11 is 0. The van der Waals surface area contributed by atoms with Gasteiger partial charge in [0.05, 0.1) is 32.2 Å². The van der Waals surface area contributed by atoms with E-state index in [1.54, 1.807) is 13.3 Å². The summed E-state index contributed by atoms with van der Waals surface area (Å²) in [5.74, 6) is 1.70. The van der Waals surface area contributed by atoms with Crippen LogP contribution in [0.25, 0.3) is 22.4 Å². The van der Waals surface area contributed by atoms with Gasteiger partial charge in [0, 0.05) is 16.7 Å². The third-order valence-corrected chi connectivity index (χ3v) is 5.60. The number of methoxy groups -OCH3 is 1. The van der Waals surface area contributed by atoms with Crippen molar-refractivity contribution >= 4 is 0 Å². The Labute approximate surface area is 176 Å². The summed E-state index contributed by atoms with van der Waals surface area (Å²) in [6.45, 7) is 7.05. The number of nitrogens with one attached hydrogen (secondary N) is 2. The number of morpholine rings is 1. The zero-order chi connectivity index (χ0) is 20.9. The molecule has 2 aromatic carbocycles. The minimum absolute atomic E-state index is 0.199. The zero-order valence-corrected chi connectivity index (χ0v) is 17.4. The molecule has 4 rings (SSSR count). The number of phenolic OH excluding ortho intramolecular Hbond substituents is 1. The van der Waals surface area contributed by atoms with Crippen molar-refractivity contribution in [3.05, 3.63) is 48.2 Å². The van der Waals surface area contributed by atoms with Gasteiger partial charge in [-0.05, 0) is 36.8 Å². The molecular formula is C23H28N3O4+. The molecule has 2 heterocycles. The molecule has 0 atom stereocenters. The fourth-order valence-electron chi connectivity index (χ4n) is 3.74. The van der Waals surface area contributed by atoms with Crippen LogP contribution in [-0.2, 0) is 4.74 Å². The normalized spacial score (nSPS) is 14.6. The van der Waals surface area contributed by atoms with E-state index in [1.807, 2.05) is 43.3 Å². The van der Waals surface area contributed by atoms with E-state index in [-0.39, 0.29) is 5.75 Å². The van der Waals surface area contributed by atoms with Crippen molar-refractivity contribution in [2.24, 2.45) is 0 Å². The smallest absolute Gasteiger partial charge is 0.137 e. The molecule has 0 bridgehead atoms. The van der Waals surface area contributed by atoms with E-state index in [0.717, 1.165) is 61.0 Å². The quantitative estimate of drug-likeness (QED) is 0.556. The largest absolute Gasteiger partial charge is 0.507 e. The van der Waals surface area contributed by atoms with Crippen LogP contribution in [0.3, 0.4) is 0 Å². The summed E-state index contributed by atoms with van der Waals surface area (Å²) < 4.78 is 16.6. The van der Waals surface area contributed by atoms with Crippen molar-refractivity contribution in [1.29, 1.82) is 0 Å². The van der Waals surface area contributed by atoms with Gasteiger partial charge in [-0.3, -0.25) is 5.10 Å². The lowest BCUT2D eigenvalue weighted by atomic mass is 9.99. The molecule has 0 aliphatic carbocycles. The van der Waals surface area contributed by atoms with Crippen LogP contribution in [0, 0.1) is 6.92 Å². The second-order valence-corrected chi connectivity index (χ2v) is 7.43. The number of nitrogens with zero attached hydrogens (tertiary/aromatic N) is 1. The Balaban J connectivity index is 1.51. The van der Waals surface area contributed by atoms with E-state index in [9.17, 15) is 5.11 Å². The van der Waals surface area contributed by atoms with Crippen LogP contribution in [-0.4, -0.2) is 61.9 Å². The molecule has 3 aromatic rings. The van der Waals surface area contributed by atoms with Crippen LogP contribution in [0.1, 0.15) is 5.56 Å². The number of benzene rings is 2.